The van der Waals surface area contributed by atoms with Crippen LogP contribution < -0.4 is 0 Å². The normalized spacial score (nSPS) is 21.1. The van der Waals surface area contributed by atoms with Crippen LogP contribution >= 0.6 is 11.6 Å². The van der Waals surface area contributed by atoms with Gasteiger partial charge in [-0.25, -0.2) is 9.97 Å². The van der Waals surface area contributed by atoms with Crippen LogP contribution in [0.25, 0.3) is 5.65 Å². The largest absolute Gasteiger partial charge is 0.460 e. The van der Waals surface area contributed by atoms with E-state index in [9.17, 15) is 9.59 Å². The number of imidazole rings is 2. The Bertz CT molecular complexity index is 1070. The number of halogens is 1. The van der Waals surface area contributed by atoms with Crippen molar-refractivity contribution in [1.29, 1.82) is 0 Å². The number of carbonyl (C=O) groups excluding carboxylic acids is 2. The third-order valence-electron chi connectivity index (χ3n) is 5.94. The molecule has 29 heavy (non-hydrogen) atoms. The Balaban J connectivity index is 1.25. The van der Waals surface area contributed by atoms with E-state index in [0.717, 1.165) is 0 Å². The molecule has 0 bridgehead atoms. The average Bonchev–Trinajstić information content (AvgIpc) is 3.42. The van der Waals surface area contributed by atoms with Gasteiger partial charge in [0.15, 0.2) is 0 Å². The molecule has 5 heterocycles. The first-order valence-electron chi connectivity index (χ1n) is 9.63. The number of carbonyl (C=O) groups is 2. The van der Waals surface area contributed by atoms with E-state index in [0.29, 0.717) is 55.3 Å². The molecule has 0 N–H and O–H groups in total. The fraction of sp³-hybridized carbons (Fsp3) is 0.400. The Hall–Kier alpha value is -2.87. The highest BCUT2D eigenvalue weighted by Crippen LogP contribution is 2.43. The van der Waals surface area contributed by atoms with E-state index in [2.05, 4.69) is 9.97 Å². The topological polar surface area (TPSA) is 81.7 Å². The van der Waals surface area contributed by atoms with Gasteiger partial charge in [0.25, 0.3) is 5.91 Å². The van der Waals surface area contributed by atoms with Crippen molar-refractivity contribution in [3.8, 4) is 0 Å². The molecule has 0 radical (unpaired) electrons. The van der Waals surface area contributed by atoms with Crippen molar-refractivity contribution in [1.82, 2.24) is 23.8 Å². The first-order valence-corrected chi connectivity index (χ1v) is 10.0. The van der Waals surface area contributed by atoms with Crippen LogP contribution in [-0.2, 0) is 16.1 Å². The molecule has 3 aromatic heterocycles. The number of hydrogen-bond acceptors (Lipinski definition) is 5. The van der Waals surface area contributed by atoms with Gasteiger partial charge >= 0.3 is 5.97 Å². The Labute approximate surface area is 172 Å². The summed E-state index contributed by atoms with van der Waals surface area (Å²) in [6, 6.07) is 3.52. The fourth-order valence-corrected chi connectivity index (χ4v) is 4.51. The van der Waals surface area contributed by atoms with Crippen molar-refractivity contribution < 1.29 is 14.3 Å². The zero-order chi connectivity index (χ0) is 20.0. The monoisotopic (exact) mass is 413 g/mol. The molecular formula is C20H20ClN5O3. The zero-order valence-corrected chi connectivity index (χ0v) is 16.5. The molecule has 0 aromatic carbocycles. The summed E-state index contributed by atoms with van der Waals surface area (Å²) < 4.78 is 9.31. The van der Waals surface area contributed by atoms with Gasteiger partial charge in [-0.3, -0.25) is 9.59 Å². The van der Waals surface area contributed by atoms with Crippen molar-refractivity contribution in [3.63, 3.8) is 0 Å². The van der Waals surface area contributed by atoms with Crippen molar-refractivity contribution >= 4 is 29.1 Å². The highest BCUT2D eigenvalue weighted by molar-refractivity contribution is 6.30. The molecule has 8 nitrogen and oxygen atoms in total. The van der Waals surface area contributed by atoms with Gasteiger partial charge in [-0.2, -0.15) is 0 Å². The van der Waals surface area contributed by atoms with Gasteiger partial charge in [-0.05, 0) is 25.0 Å². The summed E-state index contributed by atoms with van der Waals surface area (Å²) in [5.41, 5.74) is 0.567. The van der Waals surface area contributed by atoms with Crippen molar-refractivity contribution in [2.24, 2.45) is 5.41 Å². The van der Waals surface area contributed by atoms with Crippen LogP contribution in [0.3, 0.4) is 0 Å². The minimum atomic E-state index is -0.492. The van der Waals surface area contributed by atoms with Crippen molar-refractivity contribution in [2.45, 2.75) is 31.9 Å². The minimum absolute atomic E-state index is 0.124. The average molecular weight is 414 g/mol. The van der Waals surface area contributed by atoms with E-state index < -0.39 is 5.41 Å². The molecule has 2 fully saturated rings. The number of amides is 1. The summed E-state index contributed by atoms with van der Waals surface area (Å²) in [5.74, 6) is -0.266. The number of aromatic nitrogens is 4. The molecule has 150 valence electrons. The highest BCUT2D eigenvalue weighted by atomic mass is 35.5. The van der Waals surface area contributed by atoms with Crippen LogP contribution in [0.5, 0.6) is 0 Å². The van der Waals surface area contributed by atoms with Gasteiger partial charge in [-0.15, -0.1) is 0 Å². The van der Waals surface area contributed by atoms with Crippen LogP contribution in [-0.4, -0.2) is 54.9 Å². The zero-order valence-electron chi connectivity index (χ0n) is 15.7. The maximum absolute atomic E-state index is 12.9. The molecule has 2 aliphatic rings. The molecular weight excluding hydrogens is 394 g/mol. The molecule has 2 aliphatic heterocycles. The van der Waals surface area contributed by atoms with E-state index >= 15 is 0 Å². The molecule has 5 rings (SSSR count). The predicted molar refractivity (Wildman–Crippen MR) is 104 cm³/mol. The van der Waals surface area contributed by atoms with Crippen molar-refractivity contribution in [2.75, 3.05) is 13.1 Å². The van der Waals surface area contributed by atoms with Crippen LogP contribution in [0.2, 0.25) is 5.02 Å². The van der Waals surface area contributed by atoms with Crippen molar-refractivity contribution in [3.05, 3.63) is 54.0 Å². The third kappa shape index (κ3) is 3.27. The fourth-order valence-electron chi connectivity index (χ4n) is 4.34. The number of cyclic esters (lactones) is 1. The number of nitrogens with zero attached hydrogens (tertiary/aromatic N) is 5. The number of fused-ring (bicyclic) bond motifs is 1. The van der Waals surface area contributed by atoms with Gasteiger partial charge in [-0.1, -0.05) is 11.6 Å². The summed E-state index contributed by atoms with van der Waals surface area (Å²) in [6.45, 7) is 1.64. The molecule has 0 aliphatic carbocycles. The summed E-state index contributed by atoms with van der Waals surface area (Å²) in [4.78, 5) is 35.7. The van der Waals surface area contributed by atoms with Gasteiger partial charge in [0, 0.05) is 44.3 Å². The lowest BCUT2D eigenvalue weighted by Gasteiger charge is -2.36. The lowest BCUT2D eigenvalue weighted by molar-refractivity contribution is -0.150. The Morgan fingerprint density at radius 3 is 2.86 bits per heavy atom. The summed E-state index contributed by atoms with van der Waals surface area (Å²) >= 11 is 6.00. The van der Waals surface area contributed by atoms with E-state index in [-0.39, 0.29) is 18.0 Å². The minimum Gasteiger partial charge on any atom is -0.460 e. The molecule has 9 heteroatoms. The van der Waals surface area contributed by atoms with E-state index in [4.69, 9.17) is 16.3 Å². The lowest BCUT2D eigenvalue weighted by Crippen LogP contribution is -2.45. The first kappa shape index (κ1) is 18.2. The molecule has 2 saturated heterocycles. The summed E-state index contributed by atoms with van der Waals surface area (Å²) in [5, 5.41) is 0.582. The number of ether oxygens (including phenoxy) is 1. The smallest absolute Gasteiger partial charge is 0.312 e. The van der Waals surface area contributed by atoms with E-state index in [1.54, 1.807) is 46.4 Å². The summed E-state index contributed by atoms with van der Waals surface area (Å²) in [6.07, 6.45) is 10.5. The number of hydrogen-bond donors (Lipinski definition) is 0. The first-order chi connectivity index (χ1) is 14.0. The van der Waals surface area contributed by atoms with Crippen LogP contribution in [0.4, 0.5) is 0 Å². The number of esters is 1. The second-order valence-corrected chi connectivity index (χ2v) is 8.24. The number of likely N-dealkylation sites (tertiary alicyclic amines) is 1. The molecule has 1 unspecified atom stereocenters. The van der Waals surface area contributed by atoms with Gasteiger partial charge in [0.2, 0.25) is 0 Å². The maximum atomic E-state index is 12.9. The van der Waals surface area contributed by atoms with Gasteiger partial charge < -0.3 is 18.6 Å². The van der Waals surface area contributed by atoms with Crippen LogP contribution in [0.1, 0.15) is 29.8 Å². The number of rotatable bonds is 3. The standard InChI is InChI=1S/C20H20ClN5O3/c21-14-1-2-17-23-16(12-26(17)10-14)18(27)25-6-3-20(4-7-25)9-15(29-19(20)28)11-24-8-5-22-13-24/h1-2,5,8,10,12-13,15H,3-4,6-7,9,11H2. The number of pyridine rings is 1. The second-order valence-electron chi connectivity index (χ2n) is 7.80. The molecule has 1 atom stereocenters. The lowest BCUT2D eigenvalue weighted by atomic mass is 9.76. The quantitative estimate of drug-likeness (QED) is 0.616. The predicted octanol–water partition coefficient (Wildman–Crippen LogP) is 2.42. The third-order valence-corrected chi connectivity index (χ3v) is 6.16. The molecule has 1 amide bonds. The van der Waals surface area contributed by atoms with Gasteiger partial charge in [0.1, 0.15) is 17.4 Å². The van der Waals surface area contributed by atoms with Crippen LogP contribution in [0, 0.1) is 5.41 Å². The molecule has 0 saturated carbocycles. The Morgan fingerprint density at radius 2 is 2.10 bits per heavy atom. The number of piperidine rings is 1. The van der Waals surface area contributed by atoms with E-state index in [1.807, 2.05) is 10.8 Å². The SMILES string of the molecule is O=C(c1cn2cc(Cl)ccc2n1)N1CCC2(CC1)CC(Cn1ccnc1)OC2=O. The highest BCUT2D eigenvalue weighted by Gasteiger charge is 2.50. The molecule has 3 aromatic rings. The maximum Gasteiger partial charge on any atom is 0.312 e. The van der Waals surface area contributed by atoms with Crippen LogP contribution in [0.15, 0.2) is 43.2 Å². The summed E-state index contributed by atoms with van der Waals surface area (Å²) in [7, 11) is 0. The Morgan fingerprint density at radius 1 is 1.28 bits per heavy atom. The van der Waals surface area contributed by atoms with Gasteiger partial charge in [0.05, 0.1) is 23.3 Å². The Kier molecular flexibility index (Phi) is 4.31. The molecule has 1 spiro atoms. The second kappa shape index (κ2) is 6.88. The van der Waals surface area contributed by atoms with E-state index in [1.165, 1.54) is 0 Å².